The molecule has 1 aliphatic heterocycles. The Morgan fingerprint density at radius 1 is 1.09 bits per heavy atom. The summed E-state index contributed by atoms with van der Waals surface area (Å²) in [6.45, 7) is 10.2. The zero-order valence-corrected chi connectivity index (χ0v) is 28.3. The number of aliphatic imine (C=N–C) groups is 1. The Balaban J connectivity index is 2.13. The summed E-state index contributed by atoms with van der Waals surface area (Å²) in [4.78, 5) is 53.8. The number of sulfonamides is 1. The van der Waals surface area contributed by atoms with E-state index in [1.807, 2.05) is 20.8 Å². The van der Waals surface area contributed by atoms with Crippen LogP contribution in [0, 0.1) is 26.7 Å². The highest BCUT2D eigenvalue weighted by molar-refractivity contribution is 7.90. The number of guanidine groups is 1. The monoisotopic (exact) mass is 652 g/mol. The molecular formula is C30H48N6O8S. The van der Waals surface area contributed by atoms with Crippen LogP contribution < -0.4 is 25.8 Å². The topological polar surface area (TPSA) is 210 Å². The maximum atomic E-state index is 13.5. The maximum Gasteiger partial charge on any atom is 0.322 e. The number of benzene rings is 1. The Morgan fingerprint density at radius 2 is 1.73 bits per heavy atom. The quantitative estimate of drug-likeness (QED) is 0.103. The van der Waals surface area contributed by atoms with Crippen molar-refractivity contribution >= 4 is 39.5 Å². The van der Waals surface area contributed by atoms with Gasteiger partial charge in [0.1, 0.15) is 17.4 Å². The van der Waals surface area contributed by atoms with Gasteiger partial charge in [-0.05, 0) is 96.7 Å². The van der Waals surface area contributed by atoms with E-state index in [1.54, 1.807) is 27.9 Å². The van der Waals surface area contributed by atoms with E-state index < -0.39 is 33.9 Å². The van der Waals surface area contributed by atoms with Gasteiger partial charge < -0.3 is 26.2 Å². The molecule has 0 radical (unpaired) electrons. The van der Waals surface area contributed by atoms with Crippen LogP contribution in [0.4, 0.5) is 0 Å². The number of hydrogen-bond acceptors (Lipinski definition) is 9. The Hall–Kier alpha value is -3.72. The van der Waals surface area contributed by atoms with Gasteiger partial charge in [-0.25, -0.2) is 13.1 Å². The highest BCUT2D eigenvalue weighted by Gasteiger charge is 2.34. The third-order valence-corrected chi connectivity index (χ3v) is 9.55. The Morgan fingerprint density at radius 3 is 2.31 bits per heavy atom. The smallest absolute Gasteiger partial charge is 0.322 e. The van der Waals surface area contributed by atoms with E-state index >= 15 is 0 Å². The molecule has 15 heteroatoms. The molecule has 0 unspecified atom stereocenters. The van der Waals surface area contributed by atoms with Crippen LogP contribution in [0.5, 0.6) is 5.75 Å². The Kier molecular flexibility index (Phi) is 12.9. The number of carbonyl (C=O) groups is 4. The first-order chi connectivity index (χ1) is 20.8. The van der Waals surface area contributed by atoms with Crippen LogP contribution in [0.1, 0.15) is 68.7 Å². The van der Waals surface area contributed by atoms with Crippen molar-refractivity contribution in [3.05, 3.63) is 22.3 Å². The lowest BCUT2D eigenvalue weighted by Gasteiger charge is -2.35. The molecule has 6 N–H and O–H groups in total. The van der Waals surface area contributed by atoms with Crippen molar-refractivity contribution in [1.82, 2.24) is 20.3 Å². The standard InChI is InChI=1S/C30H48N6O8S/c1-17-18(2)26(19(3)23-11-12-30(5,6)44-25(17)23)45(42,43)35-29(31)32-13-9-10-21(14-22(38)15-33-20(4)37)27(39)34-16-24(28(40)41)36(7)8/h21,24H,9-16H2,1-8H3,(H,33,37)(H,34,39)(H,40,41)(H3,31,32,35)/t21-,24-/m0/s1. The molecule has 0 spiro atoms. The lowest BCUT2D eigenvalue weighted by atomic mass is 9.88. The lowest BCUT2D eigenvalue weighted by molar-refractivity contribution is -0.142. The fraction of sp³-hybridized carbons (Fsp3) is 0.633. The molecule has 1 aliphatic rings. The lowest BCUT2D eigenvalue weighted by Crippen LogP contribution is -2.47. The highest BCUT2D eigenvalue weighted by Crippen LogP contribution is 2.42. The number of nitrogens with one attached hydrogen (secondary N) is 3. The normalized spacial score (nSPS) is 15.8. The zero-order chi connectivity index (χ0) is 34.3. The molecule has 14 nitrogen and oxygen atoms in total. The van der Waals surface area contributed by atoms with Crippen molar-refractivity contribution in [3.8, 4) is 5.75 Å². The second kappa shape index (κ2) is 15.5. The van der Waals surface area contributed by atoms with Crippen LogP contribution >= 0.6 is 0 Å². The molecule has 0 saturated heterocycles. The first-order valence-electron chi connectivity index (χ1n) is 14.8. The summed E-state index contributed by atoms with van der Waals surface area (Å²) in [6.07, 6.45) is 1.68. The van der Waals surface area contributed by atoms with Gasteiger partial charge in [-0.3, -0.25) is 29.1 Å². The molecule has 0 aliphatic carbocycles. The largest absolute Gasteiger partial charge is 0.487 e. The minimum Gasteiger partial charge on any atom is -0.487 e. The van der Waals surface area contributed by atoms with Crippen LogP contribution in [-0.4, -0.2) is 93.3 Å². The molecule has 1 aromatic rings. The van der Waals surface area contributed by atoms with Crippen molar-refractivity contribution < 1.29 is 37.4 Å². The minimum atomic E-state index is -4.09. The number of ether oxygens (including phenoxy) is 1. The van der Waals surface area contributed by atoms with Gasteiger partial charge in [0.15, 0.2) is 5.78 Å². The molecule has 1 heterocycles. The number of ketones is 1. The average Bonchev–Trinajstić information content (AvgIpc) is 2.90. The number of hydrogen-bond donors (Lipinski definition) is 5. The minimum absolute atomic E-state index is 0.0531. The van der Waals surface area contributed by atoms with Crippen LogP contribution in [0.25, 0.3) is 0 Å². The van der Waals surface area contributed by atoms with Gasteiger partial charge in [0.25, 0.3) is 10.0 Å². The third kappa shape index (κ3) is 10.4. The highest BCUT2D eigenvalue weighted by atomic mass is 32.2. The van der Waals surface area contributed by atoms with Crippen molar-refractivity contribution in [2.75, 3.05) is 33.7 Å². The molecule has 45 heavy (non-hydrogen) atoms. The van der Waals surface area contributed by atoms with E-state index in [0.29, 0.717) is 17.5 Å². The number of rotatable bonds is 15. The zero-order valence-electron chi connectivity index (χ0n) is 27.5. The van der Waals surface area contributed by atoms with Crippen molar-refractivity contribution in [3.63, 3.8) is 0 Å². The van der Waals surface area contributed by atoms with Gasteiger partial charge >= 0.3 is 5.97 Å². The van der Waals surface area contributed by atoms with Gasteiger partial charge in [-0.2, -0.15) is 0 Å². The van der Waals surface area contributed by atoms with Gasteiger partial charge in [-0.15, -0.1) is 0 Å². The van der Waals surface area contributed by atoms with Gasteiger partial charge in [0.05, 0.1) is 11.4 Å². The average molecular weight is 653 g/mol. The number of fused-ring (bicyclic) bond motifs is 1. The van der Waals surface area contributed by atoms with E-state index in [0.717, 1.165) is 23.3 Å². The van der Waals surface area contributed by atoms with Gasteiger partial charge in [0.2, 0.25) is 17.8 Å². The number of Topliss-reactive ketones (excluding diaryl/α,β-unsaturated/α-hetero) is 1. The van der Waals surface area contributed by atoms with E-state index in [-0.39, 0.29) is 67.0 Å². The summed E-state index contributed by atoms with van der Waals surface area (Å²) in [5.74, 6) is -2.82. The second-order valence-corrected chi connectivity index (χ2v) is 13.9. The van der Waals surface area contributed by atoms with Crippen molar-refractivity contribution in [2.24, 2.45) is 16.6 Å². The number of nitrogens with two attached hydrogens (primary N) is 1. The molecular weight excluding hydrogens is 604 g/mol. The number of nitrogens with zero attached hydrogens (tertiary/aromatic N) is 2. The third-order valence-electron chi connectivity index (χ3n) is 7.92. The summed E-state index contributed by atoms with van der Waals surface area (Å²) in [7, 11) is -0.948. The summed E-state index contributed by atoms with van der Waals surface area (Å²) < 4.78 is 35.5. The molecule has 2 amide bonds. The molecule has 0 fully saturated rings. The molecule has 0 bridgehead atoms. The summed E-state index contributed by atoms with van der Waals surface area (Å²) in [5.41, 5.74) is 8.38. The maximum absolute atomic E-state index is 13.5. The van der Waals surface area contributed by atoms with E-state index in [4.69, 9.17) is 10.5 Å². The second-order valence-electron chi connectivity index (χ2n) is 12.3. The molecule has 2 rings (SSSR count). The number of carbonyl (C=O) groups excluding carboxylic acids is 3. The Bertz CT molecular complexity index is 1440. The van der Waals surface area contributed by atoms with E-state index in [2.05, 4.69) is 20.3 Å². The number of aliphatic carboxylic acids is 1. The van der Waals surface area contributed by atoms with Crippen LogP contribution in [0.2, 0.25) is 0 Å². The molecule has 1 aromatic carbocycles. The fourth-order valence-electron chi connectivity index (χ4n) is 5.24. The first kappa shape index (κ1) is 37.5. The van der Waals surface area contributed by atoms with Gasteiger partial charge in [-0.1, -0.05) is 0 Å². The molecule has 2 atom stereocenters. The number of carboxylic acid groups (broad SMARTS) is 1. The number of likely N-dealkylation sites (N-methyl/N-ethyl adjacent to an activating group) is 1. The van der Waals surface area contributed by atoms with Gasteiger partial charge in [0, 0.05) is 32.4 Å². The first-order valence-corrected chi connectivity index (χ1v) is 16.3. The fourth-order valence-corrected chi connectivity index (χ4v) is 6.76. The van der Waals surface area contributed by atoms with Crippen LogP contribution in [-0.2, 0) is 35.6 Å². The van der Waals surface area contributed by atoms with Crippen LogP contribution in [0.15, 0.2) is 9.89 Å². The van der Waals surface area contributed by atoms with Crippen molar-refractivity contribution in [2.45, 2.75) is 90.2 Å². The SMILES string of the molecule is CC(=O)NCC(=O)C[C@H](CCCN=C(N)NS(=O)(=O)c1c(C)c(C)c2c(c1C)CCC(C)(C)O2)C(=O)NC[C@@H](C(=O)O)N(C)C. The van der Waals surface area contributed by atoms with E-state index in [1.165, 1.54) is 11.8 Å². The van der Waals surface area contributed by atoms with Crippen LogP contribution in [0.3, 0.4) is 0 Å². The predicted octanol–water partition coefficient (Wildman–Crippen LogP) is 0.931. The summed E-state index contributed by atoms with van der Waals surface area (Å²) in [6, 6.07) is -0.965. The number of amides is 2. The molecule has 0 saturated carbocycles. The predicted molar refractivity (Wildman–Crippen MR) is 170 cm³/mol. The molecule has 0 aromatic heterocycles. The number of carboxylic acids is 1. The van der Waals surface area contributed by atoms with E-state index in [9.17, 15) is 32.7 Å². The Labute approximate surface area is 265 Å². The summed E-state index contributed by atoms with van der Waals surface area (Å²) in [5, 5.41) is 14.4. The summed E-state index contributed by atoms with van der Waals surface area (Å²) >= 11 is 0. The molecule has 252 valence electrons. The van der Waals surface area contributed by atoms with Crippen molar-refractivity contribution in [1.29, 1.82) is 0 Å².